The molecule has 0 atom stereocenters. The van der Waals surface area contributed by atoms with Crippen LogP contribution in [0.4, 0.5) is 0 Å². The van der Waals surface area contributed by atoms with Gasteiger partial charge in [-0.1, -0.05) is 0 Å². The van der Waals surface area contributed by atoms with Gasteiger partial charge < -0.3 is 0 Å². The van der Waals surface area contributed by atoms with Crippen molar-refractivity contribution in [1.82, 2.24) is 3.98 Å². The van der Waals surface area contributed by atoms with E-state index in [1.807, 2.05) is 0 Å². The number of nitrogens with zero attached hydrogens (tertiary/aromatic N) is 1. The molecule has 0 unspecified atom stereocenters. The van der Waals surface area contributed by atoms with Crippen molar-refractivity contribution in [1.29, 1.82) is 0 Å². The van der Waals surface area contributed by atoms with Gasteiger partial charge in [-0.2, -0.15) is 0 Å². The van der Waals surface area contributed by atoms with Crippen LogP contribution in [0.25, 0.3) is 22.4 Å². The first kappa shape index (κ1) is 11.2. The summed E-state index contributed by atoms with van der Waals surface area (Å²) in [7, 11) is 0. The molecule has 0 amide bonds. The molecule has 0 spiro atoms. The second-order valence-electron chi connectivity index (χ2n) is 4.85. The van der Waals surface area contributed by atoms with Gasteiger partial charge in [0.1, 0.15) is 0 Å². The Hall–Kier alpha value is -1.63. The van der Waals surface area contributed by atoms with Crippen LogP contribution in [-0.4, -0.2) is 18.7 Å². The van der Waals surface area contributed by atoms with E-state index in [1.165, 1.54) is 40.8 Å². The summed E-state index contributed by atoms with van der Waals surface area (Å²) >= 11 is 0.300. The molecule has 1 aliphatic carbocycles. The molecule has 1 aromatic heterocycles. The van der Waals surface area contributed by atoms with Gasteiger partial charge >= 0.3 is 119 Å². The van der Waals surface area contributed by atoms with Crippen LogP contribution in [0.15, 0.2) is 54.6 Å². The quantitative estimate of drug-likeness (QED) is 0.626. The van der Waals surface area contributed by atoms with Gasteiger partial charge in [-0.05, 0) is 0 Å². The summed E-state index contributed by atoms with van der Waals surface area (Å²) in [6, 6.07) is 19.4. The Labute approximate surface area is 118 Å². The van der Waals surface area contributed by atoms with Gasteiger partial charge in [0.2, 0.25) is 0 Å². The minimum atomic E-state index is 0.300. The van der Waals surface area contributed by atoms with Crippen LogP contribution in [0.3, 0.4) is 0 Å². The number of hydrogen-bond acceptors (Lipinski definition) is 1. The van der Waals surface area contributed by atoms with E-state index in [0.29, 0.717) is 14.7 Å². The van der Waals surface area contributed by atoms with E-state index in [2.05, 4.69) is 54.6 Å². The fourth-order valence-corrected chi connectivity index (χ4v) is 4.66. The number of aryl methyl sites for hydroxylation is 2. The molecule has 19 heavy (non-hydrogen) atoms. The maximum atomic E-state index is 4.85. The molecule has 0 fully saturated rings. The van der Waals surface area contributed by atoms with Crippen LogP contribution in [0.1, 0.15) is 10.0 Å². The van der Waals surface area contributed by atoms with Crippen molar-refractivity contribution in [3.05, 3.63) is 64.6 Å². The topological polar surface area (TPSA) is 12.9 Å². The number of aromatic nitrogens is 1. The zero-order valence-electron chi connectivity index (χ0n) is 10.5. The van der Waals surface area contributed by atoms with E-state index in [9.17, 15) is 0 Å². The van der Waals surface area contributed by atoms with Crippen LogP contribution in [0.5, 0.6) is 0 Å². The van der Waals surface area contributed by atoms with Crippen molar-refractivity contribution in [2.24, 2.45) is 0 Å². The van der Waals surface area contributed by atoms with Crippen molar-refractivity contribution in [2.75, 3.05) is 0 Å². The van der Waals surface area contributed by atoms with Gasteiger partial charge in [0.25, 0.3) is 0 Å². The first-order chi connectivity index (χ1) is 9.43. The second kappa shape index (κ2) is 4.48. The van der Waals surface area contributed by atoms with Gasteiger partial charge in [0.15, 0.2) is 0 Å². The first-order valence-corrected chi connectivity index (χ1v) is 8.18. The molecular formula is C17H13NSe. The zero-order chi connectivity index (χ0) is 12.7. The van der Waals surface area contributed by atoms with Gasteiger partial charge in [0, 0.05) is 0 Å². The average Bonchev–Trinajstić information content (AvgIpc) is 2.92. The van der Waals surface area contributed by atoms with Crippen LogP contribution in [0.2, 0.25) is 0 Å². The molecule has 92 valence electrons. The van der Waals surface area contributed by atoms with Crippen molar-refractivity contribution in [2.45, 2.75) is 12.8 Å². The summed E-state index contributed by atoms with van der Waals surface area (Å²) in [5.74, 6) is 0. The maximum absolute atomic E-state index is 4.85. The molecule has 1 nitrogen and oxygen atoms in total. The summed E-state index contributed by atoms with van der Waals surface area (Å²) < 4.78 is 6.43. The molecule has 4 rings (SSSR count). The van der Waals surface area contributed by atoms with Gasteiger partial charge in [-0.3, -0.25) is 0 Å². The number of fused-ring (bicyclic) bond motifs is 3. The number of benzene rings is 2. The Morgan fingerprint density at radius 1 is 0.842 bits per heavy atom. The van der Waals surface area contributed by atoms with Crippen LogP contribution in [0, 0.1) is 0 Å². The molecular weight excluding hydrogens is 297 g/mol. The number of hydrogen-bond donors (Lipinski definition) is 0. The van der Waals surface area contributed by atoms with E-state index in [-0.39, 0.29) is 0 Å². The summed E-state index contributed by atoms with van der Waals surface area (Å²) in [5, 5.41) is 0. The summed E-state index contributed by atoms with van der Waals surface area (Å²) in [6.07, 6.45) is 2.36. The first-order valence-electron chi connectivity index (χ1n) is 6.56. The molecule has 2 heteroatoms. The van der Waals surface area contributed by atoms with Crippen molar-refractivity contribution in [3.8, 4) is 22.4 Å². The molecule has 3 aromatic rings. The van der Waals surface area contributed by atoms with Crippen LogP contribution < -0.4 is 0 Å². The zero-order valence-corrected chi connectivity index (χ0v) is 12.2. The van der Waals surface area contributed by atoms with E-state index in [4.69, 9.17) is 3.98 Å². The van der Waals surface area contributed by atoms with E-state index >= 15 is 0 Å². The van der Waals surface area contributed by atoms with Crippen molar-refractivity contribution in [3.63, 3.8) is 0 Å². The summed E-state index contributed by atoms with van der Waals surface area (Å²) in [5.41, 5.74) is 6.77. The minimum absolute atomic E-state index is 0.300. The van der Waals surface area contributed by atoms with Crippen LogP contribution >= 0.6 is 0 Å². The number of rotatable bonds is 1. The third-order valence-corrected chi connectivity index (χ3v) is 5.61. The third kappa shape index (κ3) is 1.80. The summed E-state index contributed by atoms with van der Waals surface area (Å²) in [4.78, 5) is 0. The van der Waals surface area contributed by atoms with Crippen molar-refractivity contribution >= 4 is 14.7 Å². The normalized spacial score (nSPS) is 12.8. The fraction of sp³-hybridized carbons (Fsp3) is 0.118. The van der Waals surface area contributed by atoms with Crippen LogP contribution in [-0.2, 0) is 12.8 Å². The molecule has 0 bridgehead atoms. The monoisotopic (exact) mass is 311 g/mol. The van der Waals surface area contributed by atoms with Crippen molar-refractivity contribution < 1.29 is 0 Å². The second-order valence-corrected chi connectivity index (χ2v) is 6.65. The standard InChI is InChI=1S/C17H13NSe/c1-2-7-13(8-3-1)17-16-14-9-5-4-6-12(14)10-11-15(16)19-18-17/h1-9H,10-11H2. The predicted molar refractivity (Wildman–Crippen MR) is 79.5 cm³/mol. The molecule has 0 N–H and O–H groups in total. The van der Waals surface area contributed by atoms with E-state index in [1.54, 1.807) is 4.44 Å². The Bertz CT molecular complexity index is 728. The van der Waals surface area contributed by atoms with Gasteiger partial charge in [0.05, 0.1) is 0 Å². The molecule has 0 radical (unpaired) electrons. The molecule has 1 aliphatic rings. The van der Waals surface area contributed by atoms with E-state index in [0.717, 1.165) is 0 Å². The predicted octanol–water partition coefficient (Wildman–Crippen LogP) is 3.57. The summed E-state index contributed by atoms with van der Waals surface area (Å²) in [6.45, 7) is 0. The molecule has 0 aliphatic heterocycles. The molecule has 0 saturated heterocycles. The Balaban J connectivity index is 1.97. The SMILES string of the molecule is c1ccc(-c2n[se]c3c2-c2ccccc2CC3)cc1. The Kier molecular flexibility index (Phi) is 2.65. The Morgan fingerprint density at radius 2 is 1.63 bits per heavy atom. The molecule has 0 saturated carbocycles. The average molecular weight is 310 g/mol. The molecule has 2 aromatic carbocycles. The van der Waals surface area contributed by atoms with E-state index < -0.39 is 0 Å². The third-order valence-electron chi connectivity index (χ3n) is 3.72. The molecule has 1 heterocycles. The van der Waals surface area contributed by atoms with Gasteiger partial charge in [-0.15, -0.1) is 0 Å². The Morgan fingerprint density at radius 3 is 2.53 bits per heavy atom. The fourth-order valence-electron chi connectivity index (χ4n) is 2.80. The van der Waals surface area contributed by atoms with Gasteiger partial charge in [-0.25, -0.2) is 0 Å².